The summed E-state index contributed by atoms with van der Waals surface area (Å²) >= 11 is 1.88. The Balaban J connectivity index is 1.01. The molecule has 0 spiro atoms. The summed E-state index contributed by atoms with van der Waals surface area (Å²) < 4.78 is 2.68. The highest BCUT2D eigenvalue weighted by molar-refractivity contribution is 7.26. The standard InChI is InChI=1S/C50H37NS/c1-3-41-44(42-17-5-4-12-33(42)2)20-11-21-45(41)48-32-39(28-29-51-48)38-15-8-13-36(30-38)34-24-26-35(27-25-34)37-14-9-16-40(31-37)43-19-10-22-47-46-18-6-7-23-49(46)52-50(43)47/h4-32H,3H2,1-2H3. The molecule has 9 aromatic rings. The molecule has 0 radical (unpaired) electrons. The Kier molecular flexibility index (Phi) is 8.31. The zero-order valence-corrected chi connectivity index (χ0v) is 30.1. The molecule has 2 heteroatoms. The van der Waals surface area contributed by atoms with Crippen LogP contribution in [0.3, 0.4) is 0 Å². The van der Waals surface area contributed by atoms with Crippen molar-refractivity contribution in [2.75, 3.05) is 0 Å². The Morgan fingerprint density at radius 3 is 1.77 bits per heavy atom. The van der Waals surface area contributed by atoms with Crippen LogP contribution in [0.15, 0.2) is 176 Å². The fraction of sp³-hybridized carbons (Fsp3) is 0.0600. The summed E-state index contributed by atoms with van der Waals surface area (Å²) in [4.78, 5) is 4.87. The van der Waals surface area contributed by atoms with Crippen molar-refractivity contribution in [2.45, 2.75) is 20.3 Å². The van der Waals surface area contributed by atoms with Crippen molar-refractivity contribution < 1.29 is 0 Å². The van der Waals surface area contributed by atoms with Crippen molar-refractivity contribution in [1.82, 2.24) is 4.98 Å². The SMILES string of the molecule is CCc1c(-c2cc(-c3cccc(-c4ccc(-c5cccc(-c6cccc7c6sc6ccccc67)c5)cc4)c3)ccn2)cccc1-c1ccccc1C. The van der Waals surface area contributed by atoms with Crippen LogP contribution in [0.1, 0.15) is 18.1 Å². The van der Waals surface area contributed by atoms with Crippen molar-refractivity contribution in [2.24, 2.45) is 0 Å². The quantitative estimate of drug-likeness (QED) is 0.163. The molecule has 0 fully saturated rings. The molecule has 9 rings (SSSR count). The Morgan fingerprint density at radius 2 is 1.00 bits per heavy atom. The minimum atomic E-state index is 0.934. The van der Waals surface area contributed by atoms with E-state index in [1.807, 2.05) is 17.5 Å². The van der Waals surface area contributed by atoms with Crippen LogP contribution >= 0.6 is 11.3 Å². The first-order chi connectivity index (χ1) is 25.6. The molecule has 0 aliphatic heterocycles. The van der Waals surface area contributed by atoms with E-state index >= 15 is 0 Å². The Hall–Kier alpha value is -6.09. The number of aryl methyl sites for hydroxylation is 1. The molecule has 0 aliphatic rings. The molecule has 248 valence electrons. The number of thiophene rings is 1. The second-order valence-electron chi connectivity index (χ2n) is 13.4. The number of benzene rings is 7. The molecule has 7 aromatic carbocycles. The van der Waals surface area contributed by atoms with E-state index in [2.05, 4.69) is 184 Å². The van der Waals surface area contributed by atoms with Crippen molar-refractivity contribution in [3.63, 3.8) is 0 Å². The fourth-order valence-electron chi connectivity index (χ4n) is 7.67. The van der Waals surface area contributed by atoms with Gasteiger partial charge in [-0.3, -0.25) is 4.98 Å². The molecule has 0 atom stereocenters. The third-order valence-electron chi connectivity index (χ3n) is 10.3. The van der Waals surface area contributed by atoms with Crippen LogP contribution in [-0.4, -0.2) is 4.98 Å². The Morgan fingerprint density at radius 1 is 0.442 bits per heavy atom. The first kappa shape index (κ1) is 31.9. The molecule has 2 heterocycles. The van der Waals surface area contributed by atoms with Crippen LogP contribution in [0.5, 0.6) is 0 Å². The van der Waals surface area contributed by atoms with Gasteiger partial charge in [0.1, 0.15) is 0 Å². The van der Waals surface area contributed by atoms with E-state index in [-0.39, 0.29) is 0 Å². The van der Waals surface area contributed by atoms with Crippen molar-refractivity contribution in [3.05, 3.63) is 187 Å². The van der Waals surface area contributed by atoms with E-state index in [1.165, 1.54) is 86.9 Å². The zero-order valence-electron chi connectivity index (χ0n) is 29.3. The van der Waals surface area contributed by atoms with Gasteiger partial charge in [0.2, 0.25) is 0 Å². The lowest BCUT2D eigenvalue weighted by Gasteiger charge is -2.16. The molecule has 0 N–H and O–H groups in total. The number of hydrogen-bond acceptors (Lipinski definition) is 2. The Bertz CT molecular complexity index is 2730. The van der Waals surface area contributed by atoms with Gasteiger partial charge in [0.25, 0.3) is 0 Å². The van der Waals surface area contributed by atoms with Gasteiger partial charge in [0, 0.05) is 31.9 Å². The number of nitrogens with zero attached hydrogens (tertiary/aromatic N) is 1. The van der Waals surface area contributed by atoms with Crippen molar-refractivity contribution in [1.29, 1.82) is 0 Å². The van der Waals surface area contributed by atoms with E-state index in [1.54, 1.807) is 0 Å². The molecule has 0 unspecified atom stereocenters. The van der Waals surface area contributed by atoms with Crippen molar-refractivity contribution >= 4 is 31.5 Å². The topological polar surface area (TPSA) is 12.9 Å². The minimum absolute atomic E-state index is 0.934. The monoisotopic (exact) mass is 683 g/mol. The summed E-state index contributed by atoms with van der Waals surface area (Å²) in [5, 5.41) is 2.66. The van der Waals surface area contributed by atoms with E-state index < -0.39 is 0 Å². The van der Waals surface area contributed by atoms with Crippen LogP contribution in [0.25, 0.3) is 87.1 Å². The molecular formula is C50H37NS. The molecule has 0 saturated carbocycles. The highest BCUT2D eigenvalue weighted by atomic mass is 32.1. The molecule has 0 amide bonds. The van der Waals surface area contributed by atoms with Gasteiger partial charge in [-0.2, -0.15) is 0 Å². The number of pyridine rings is 1. The van der Waals surface area contributed by atoms with Crippen LogP contribution in [-0.2, 0) is 6.42 Å². The van der Waals surface area contributed by atoms with Gasteiger partial charge in [-0.15, -0.1) is 11.3 Å². The third-order valence-corrected chi connectivity index (χ3v) is 11.5. The lowest BCUT2D eigenvalue weighted by molar-refractivity contribution is 1.13. The average molecular weight is 684 g/mol. The highest BCUT2D eigenvalue weighted by Crippen LogP contribution is 2.41. The molecule has 0 aliphatic carbocycles. The number of hydrogen-bond donors (Lipinski definition) is 0. The zero-order chi connectivity index (χ0) is 35.0. The van der Waals surface area contributed by atoms with Gasteiger partial charge in [-0.25, -0.2) is 0 Å². The van der Waals surface area contributed by atoms with Gasteiger partial charge in [0.15, 0.2) is 0 Å². The van der Waals surface area contributed by atoms with Gasteiger partial charge in [-0.05, 0) is 110 Å². The predicted octanol–water partition coefficient (Wildman–Crippen LogP) is 14.3. The van der Waals surface area contributed by atoms with Crippen LogP contribution < -0.4 is 0 Å². The first-order valence-corrected chi connectivity index (χ1v) is 18.8. The largest absolute Gasteiger partial charge is 0.256 e. The van der Waals surface area contributed by atoms with E-state index in [4.69, 9.17) is 4.98 Å². The summed E-state index contributed by atoms with van der Waals surface area (Å²) in [6, 6.07) is 61.8. The number of fused-ring (bicyclic) bond motifs is 3. The maximum atomic E-state index is 4.87. The summed E-state index contributed by atoms with van der Waals surface area (Å²) in [6.07, 6.45) is 2.88. The lowest BCUT2D eigenvalue weighted by atomic mass is 9.89. The maximum absolute atomic E-state index is 4.87. The smallest absolute Gasteiger partial charge is 0.0711 e. The highest BCUT2D eigenvalue weighted by Gasteiger charge is 2.15. The average Bonchev–Trinajstić information content (AvgIpc) is 3.60. The minimum Gasteiger partial charge on any atom is -0.256 e. The molecule has 1 nitrogen and oxygen atoms in total. The molecule has 52 heavy (non-hydrogen) atoms. The van der Waals surface area contributed by atoms with Crippen LogP contribution in [0, 0.1) is 6.92 Å². The summed E-state index contributed by atoms with van der Waals surface area (Å²) in [5.41, 5.74) is 17.1. The lowest BCUT2D eigenvalue weighted by Crippen LogP contribution is -1.96. The normalized spacial score (nSPS) is 11.3. The molecule has 0 bridgehead atoms. The van der Waals surface area contributed by atoms with Crippen LogP contribution in [0.4, 0.5) is 0 Å². The van der Waals surface area contributed by atoms with Gasteiger partial charge in [-0.1, -0.05) is 146 Å². The molecule has 2 aromatic heterocycles. The Labute approximate surface area is 309 Å². The summed E-state index contributed by atoms with van der Waals surface area (Å²) in [7, 11) is 0. The second-order valence-corrected chi connectivity index (χ2v) is 14.5. The fourth-order valence-corrected chi connectivity index (χ4v) is 8.91. The van der Waals surface area contributed by atoms with E-state index in [0.717, 1.165) is 17.7 Å². The van der Waals surface area contributed by atoms with Crippen molar-refractivity contribution in [3.8, 4) is 66.9 Å². The van der Waals surface area contributed by atoms with Crippen LogP contribution in [0.2, 0.25) is 0 Å². The van der Waals surface area contributed by atoms with E-state index in [0.29, 0.717) is 0 Å². The molecular weight excluding hydrogens is 647 g/mol. The van der Waals surface area contributed by atoms with E-state index in [9.17, 15) is 0 Å². The summed E-state index contributed by atoms with van der Waals surface area (Å²) in [5.74, 6) is 0. The number of aromatic nitrogens is 1. The van der Waals surface area contributed by atoms with Gasteiger partial charge < -0.3 is 0 Å². The first-order valence-electron chi connectivity index (χ1n) is 18.0. The summed E-state index contributed by atoms with van der Waals surface area (Å²) in [6.45, 7) is 4.43. The van der Waals surface area contributed by atoms with Gasteiger partial charge >= 0.3 is 0 Å². The predicted molar refractivity (Wildman–Crippen MR) is 224 cm³/mol. The molecule has 0 saturated heterocycles. The number of rotatable bonds is 7. The second kappa shape index (κ2) is 13.6. The maximum Gasteiger partial charge on any atom is 0.0711 e. The third kappa shape index (κ3) is 5.82. The van der Waals surface area contributed by atoms with Gasteiger partial charge in [0.05, 0.1) is 5.69 Å².